The summed E-state index contributed by atoms with van der Waals surface area (Å²) in [6.07, 6.45) is 2.95. The molecule has 1 aliphatic rings. The van der Waals surface area contributed by atoms with Gasteiger partial charge >= 0.3 is 5.97 Å². The van der Waals surface area contributed by atoms with Crippen molar-refractivity contribution >= 4 is 11.9 Å². The molecule has 0 radical (unpaired) electrons. The van der Waals surface area contributed by atoms with E-state index in [2.05, 4.69) is 5.32 Å². The highest BCUT2D eigenvalue weighted by Crippen LogP contribution is 2.48. The zero-order valence-electron chi connectivity index (χ0n) is 14.2. The summed E-state index contributed by atoms with van der Waals surface area (Å²) in [6, 6.07) is 19.3. The first-order valence-corrected chi connectivity index (χ1v) is 8.72. The zero-order valence-corrected chi connectivity index (χ0v) is 14.2. The van der Waals surface area contributed by atoms with Gasteiger partial charge < -0.3 is 10.4 Å². The second kappa shape index (κ2) is 7.51. The number of rotatable bonds is 8. The third kappa shape index (κ3) is 4.27. The maximum Gasteiger partial charge on any atom is 0.305 e. The molecule has 1 fully saturated rings. The van der Waals surface area contributed by atoms with Crippen LogP contribution in [0.25, 0.3) is 0 Å². The Hall–Kier alpha value is -2.62. The number of aryl methyl sites for hydroxylation is 1. The van der Waals surface area contributed by atoms with E-state index in [1.807, 2.05) is 60.7 Å². The molecule has 2 aromatic rings. The molecular formula is C21H23NO3. The molecule has 0 unspecified atom stereocenters. The van der Waals surface area contributed by atoms with Crippen LogP contribution in [0, 0.1) is 0 Å². The second-order valence-electron chi connectivity index (χ2n) is 6.74. The van der Waals surface area contributed by atoms with Gasteiger partial charge in [-0.3, -0.25) is 9.59 Å². The van der Waals surface area contributed by atoms with E-state index in [0.717, 1.165) is 30.4 Å². The minimum atomic E-state index is -0.886. The molecule has 0 aromatic heterocycles. The molecule has 1 saturated carbocycles. The first kappa shape index (κ1) is 17.2. The summed E-state index contributed by atoms with van der Waals surface area (Å²) in [7, 11) is 0. The number of amides is 1. The lowest BCUT2D eigenvalue weighted by Gasteiger charge is -2.22. The van der Waals surface area contributed by atoms with Crippen molar-refractivity contribution in [1.29, 1.82) is 0 Å². The lowest BCUT2D eigenvalue weighted by atomic mass is 9.94. The molecule has 4 nitrogen and oxygen atoms in total. The van der Waals surface area contributed by atoms with Gasteiger partial charge in [-0.25, -0.2) is 0 Å². The summed E-state index contributed by atoms with van der Waals surface area (Å²) in [5, 5.41) is 12.2. The van der Waals surface area contributed by atoms with Gasteiger partial charge in [-0.2, -0.15) is 0 Å². The number of carbonyl (C=O) groups excluding carboxylic acids is 1. The highest BCUT2D eigenvalue weighted by Gasteiger charge is 2.51. The maximum absolute atomic E-state index is 12.8. The van der Waals surface area contributed by atoms with Gasteiger partial charge in [-0.05, 0) is 36.8 Å². The average Bonchev–Trinajstić information content (AvgIpc) is 3.43. The van der Waals surface area contributed by atoms with Gasteiger partial charge in [0.1, 0.15) is 0 Å². The minimum absolute atomic E-state index is 0.0435. The average molecular weight is 337 g/mol. The fraction of sp³-hybridized carbons (Fsp3) is 0.333. The fourth-order valence-electron chi connectivity index (χ4n) is 3.27. The third-order valence-electron chi connectivity index (χ3n) is 4.89. The van der Waals surface area contributed by atoms with Crippen LogP contribution >= 0.6 is 0 Å². The molecule has 1 amide bonds. The Kier molecular flexibility index (Phi) is 5.17. The van der Waals surface area contributed by atoms with Gasteiger partial charge in [0, 0.05) is 6.04 Å². The normalized spacial score (nSPS) is 16.0. The van der Waals surface area contributed by atoms with Crippen molar-refractivity contribution in [3.63, 3.8) is 0 Å². The van der Waals surface area contributed by atoms with Gasteiger partial charge in [-0.1, -0.05) is 60.7 Å². The molecule has 3 rings (SSSR count). The topological polar surface area (TPSA) is 66.4 Å². The molecule has 0 heterocycles. The molecule has 0 saturated heterocycles. The molecule has 0 aliphatic heterocycles. The summed E-state index contributed by atoms with van der Waals surface area (Å²) in [6.45, 7) is 0. The molecule has 0 spiro atoms. The van der Waals surface area contributed by atoms with E-state index in [9.17, 15) is 14.7 Å². The summed E-state index contributed by atoms with van der Waals surface area (Å²) in [5.41, 5.74) is 1.70. The van der Waals surface area contributed by atoms with Crippen LogP contribution in [0.3, 0.4) is 0 Å². The number of nitrogens with one attached hydrogen (secondary N) is 1. The summed E-state index contributed by atoms with van der Waals surface area (Å²) in [4.78, 5) is 24.0. The molecule has 130 valence electrons. The van der Waals surface area contributed by atoms with Crippen LogP contribution in [-0.4, -0.2) is 23.0 Å². The molecule has 2 N–H and O–H groups in total. The predicted octanol–water partition coefficient (Wildman–Crippen LogP) is 3.31. The second-order valence-corrected chi connectivity index (χ2v) is 6.74. The van der Waals surface area contributed by atoms with E-state index in [-0.39, 0.29) is 18.4 Å². The smallest absolute Gasteiger partial charge is 0.305 e. The highest BCUT2D eigenvalue weighted by atomic mass is 16.4. The lowest BCUT2D eigenvalue weighted by Crippen LogP contribution is -2.42. The van der Waals surface area contributed by atoms with Crippen molar-refractivity contribution in [2.24, 2.45) is 0 Å². The monoisotopic (exact) mass is 337 g/mol. The first-order chi connectivity index (χ1) is 12.1. The first-order valence-electron chi connectivity index (χ1n) is 8.72. The number of hydrogen-bond acceptors (Lipinski definition) is 2. The van der Waals surface area contributed by atoms with Gasteiger partial charge in [0.15, 0.2) is 0 Å². The lowest BCUT2D eigenvalue weighted by molar-refractivity contribution is -0.137. The maximum atomic E-state index is 12.8. The molecular weight excluding hydrogens is 314 g/mol. The molecule has 25 heavy (non-hydrogen) atoms. The Labute approximate surface area is 147 Å². The van der Waals surface area contributed by atoms with E-state index >= 15 is 0 Å². The number of hydrogen-bond donors (Lipinski definition) is 2. The zero-order chi connectivity index (χ0) is 17.7. The van der Waals surface area contributed by atoms with Crippen LogP contribution in [0.1, 0.15) is 36.8 Å². The molecule has 1 atom stereocenters. The van der Waals surface area contributed by atoms with Crippen LogP contribution in [-0.2, 0) is 21.4 Å². The number of benzene rings is 2. The standard InChI is InChI=1S/C21H23NO3/c23-19(24)15-18(12-11-16-7-3-1-4-8-16)22-20(25)21(13-14-21)17-9-5-2-6-10-17/h1-10,18H,11-15H2,(H,22,25)(H,23,24)/t18-/m0/s1. The summed E-state index contributed by atoms with van der Waals surface area (Å²) in [5.74, 6) is -0.930. The number of carboxylic acid groups (broad SMARTS) is 1. The van der Waals surface area contributed by atoms with Crippen LogP contribution in [0.4, 0.5) is 0 Å². The number of carboxylic acids is 1. The van der Waals surface area contributed by atoms with Crippen molar-refractivity contribution in [3.8, 4) is 0 Å². The van der Waals surface area contributed by atoms with E-state index in [4.69, 9.17) is 0 Å². The van der Waals surface area contributed by atoms with Gasteiger partial charge in [-0.15, -0.1) is 0 Å². The Bertz CT molecular complexity index is 723. The molecule has 4 heteroatoms. The van der Waals surface area contributed by atoms with E-state index < -0.39 is 11.4 Å². The fourth-order valence-corrected chi connectivity index (χ4v) is 3.27. The third-order valence-corrected chi connectivity index (χ3v) is 4.89. The largest absolute Gasteiger partial charge is 0.481 e. The van der Waals surface area contributed by atoms with Crippen molar-refractivity contribution in [2.45, 2.75) is 43.6 Å². The van der Waals surface area contributed by atoms with Gasteiger partial charge in [0.25, 0.3) is 0 Å². The van der Waals surface area contributed by atoms with Crippen molar-refractivity contribution < 1.29 is 14.7 Å². The highest BCUT2D eigenvalue weighted by molar-refractivity contribution is 5.91. The van der Waals surface area contributed by atoms with Crippen molar-refractivity contribution in [1.82, 2.24) is 5.32 Å². The number of aliphatic carboxylic acids is 1. The van der Waals surface area contributed by atoms with E-state index in [1.165, 1.54) is 0 Å². The Balaban J connectivity index is 1.65. The van der Waals surface area contributed by atoms with Crippen molar-refractivity contribution in [3.05, 3.63) is 71.8 Å². The Morgan fingerprint density at radius 1 is 1.00 bits per heavy atom. The van der Waals surface area contributed by atoms with Gasteiger partial charge in [0.05, 0.1) is 11.8 Å². The SMILES string of the molecule is O=C(O)C[C@H](CCc1ccccc1)NC(=O)C1(c2ccccc2)CC1. The minimum Gasteiger partial charge on any atom is -0.481 e. The van der Waals surface area contributed by atoms with E-state index in [1.54, 1.807) is 0 Å². The molecule has 0 bridgehead atoms. The van der Waals surface area contributed by atoms with Crippen LogP contribution in [0.5, 0.6) is 0 Å². The molecule has 2 aromatic carbocycles. The van der Waals surface area contributed by atoms with Gasteiger partial charge in [0.2, 0.25) is 5.91 Å². The Morgan fingerprint density at radius 3 is 2.16 bits per heavy atom. The quantitative estimate of drug-likeness (QED) is 0.776. The summed E-state index contributed by atoms with van der Waals surface area (Å²) >= 11 is 0. The Morgan fingerprint density at radius 2 is 1.60 bits per heavy atom. The molecule has 1 aliphatic carbocycles. The summed E-state index contributed by atoms with van der Waals surface area (Å²) < 4.78 is 0. The van der Waals surface area contributed by atoms with Crippen LogP contribution in [0.15, 0.2) is 60.7 Å². The predicted molar refractivity (Wildman–Crippen MR) is 96.3 cm³/mol. The van der Waals surface area contributed by atoms with E-state index in [0.29, 0.717) is 6.42 Å². The van der Waals surface area contributed by atoms with Crippen LogP contribution in [0.2, 0.25) is 0 Å². The van der Waals surface area contributed by atoms with Crippen LogP contribution < -0.4 is 5.32 Å². The number of carbonyl (C=O) groups is 2. The van der Waals surface area contributed by atoms with Crippen molar-refractivity contribution in [2.75, 3.05) is 0 Å².